The summed E-state index contributed by atoms with van der Waals surface area (Å²) in [6.45, 7) is 5.84. The van der Waals surface area contributed by atoms with Gasteiger partial charge in [0.15, 0.2) is 5.69 Å². The normalized spacial score (nSPS) is 11.7. The van der Waals surface area contributed by atoms with Gasteiger partial charge in [-0.2, -0.15) is 13.2 Å². The minimum absolute atomic E-state index is 0.142. The van der Waals surface area contributed by atoms with E-state index in [-0.39, 0.29) is 5.69 Å². The summed E-state index contributed by atoms with van der Waals surface area (Å²) in [6.07, 6.45) is -4.68. The molecule has 0 aliphatic heterocycles. The van der Waals surface area contributed by atoms with E-state index < -0.39 is 33.9 Å². The number of hydrogen-bond acceptors (Lipinski definition) is 3. The number of hydrogen-bond donors (Lipinski definition) is 1. The summed E-state index contributed by atoms with van der Waals surface area (Å²) in [6, 6.07) is 6.55. The molecule has 0 fully saturated rings. The predicted octanol–water partition coefficient (Wildman–Crippen LogP) is 4.96. The third-order valence-electron chi connectivity index (χ3n) is 4.62. The van der Waals surface area contributed by atoms with Crippen molar-refractivity contribution in [2.75, 3.05) is 5.32 Å². The van der Waals surface area contributed by atoms with Gasteiger partial charge in [0.2, 0.25) is 0 Å². The summed E-state index contributed by atoms with van der Waals surface area (Å²) in [5.74, 6) is -0.896. The second-order valence-corrected chi connectivity index (χ2v) is 6.99. The number of carbonyl (C=O) groups is 1. The average molecular weight is 424 g/mol. The Balaban J connectivity index is 2.07. The molecule has 0 aliphatic carbocycles. The number of amides is 1. The zero-order chi connectivity index (χ0) is 21.5. The van der Waals surface area contributed by atoms with Crippen LogP contribution in [-0.4, -0.2) is 15.5 Å². The van der Waals surface area contributed by atoms with E-state index in [4.69, 9.17) is 11.6 Å². The van der Waals surface area contributed by atoms with E-state index in [1.807, 2.05) is 19.9 Å². The summed E-state index contributed by atoms with van der Waals surface area (Å²) in [5, 5.41) is 1.82. The summed E-state index contributed by atoms with van der Waals surface area (Å²) in [5.41, 5.74) is 0.701. The number of aryl methyl sites for hydroxylation is 3. The van der Waals surface area contributed by atoms with E-state index in [0.717, 1.165) is 17.2 Å². The van der Waals surface area contributed by atoms with Gasteiger partial charge in [0, 0.05) is 12.2 Å². The van der Waals surface area contributed by atoms with Crippen LogP contribution in [-0.2, 0) is 12.7 Å². The van der Waals surface area contributed by atoms with Gasteiger partial charge in [0.1, 0.15) is 0 Å². The molecule has 0 spiro atoms. The van der Waals surface area contributed by atoms with Gasteiger partial charge in [-0.05, 0) is 62.2 Å². The van der Waals surface area contributed by atoms with Gasteiger partial charge in [-0.15, -0.1) is 0 Å². The number of aromatic nitrogens is 2. The second-order valence-electron chi connectivity index (χ2n) is 6.58. The molecule has 1 aromatic heterocycles. The molecule has 0 saturated carbocycles. The molecule has 2 aromatic carbocycles. The van der Waals surface area contributed by atoms with E-state index in [9.17, 15) is 22.8 Å². The van der Waals surface area contributed by atoms with Crippen molar-refractivity contribution < 1.29 is 18.0 Å². The number of fused-ring (bicyclic) bond motifs is 1. The smallest absolute Gasteiger partial charge is 0.320 e. The molecule has 0 unspecified atom stereocenters. The van der Waals surface area contributed by atoms with E-state index >= 15 is 0 Å². The molecular weight excluding hydrogens is 407 g/mol. The third-order valence-corrected chi connectivity index (χ3v) is 4.95. The van der Waals surface area contributed by atoms with Crippen LogP contribution in [0.1, 0.15) is 34.1 Å². The van der Waals surface area contributed by atoms with Crippen LogP contribution in [0.15, 0.2) is 35.1 Å². The predicted molar refractivity (Wildman–Crippen MR) is 106 cm³/mol. The molecule has 0 radical (unpaired) electrons. The molecule has 0 aliphatic rings. The number of anilines is 1. The molecule has 1 amide bonds. The summed E-state index contributed by atoms with van der Waals surface area (Å²) >= 11 is 5.59. The van der Waals surface area contributed by atoms with Crippen LogP contribution in [0, 0.1) is 13.8 Å². The van der Waals surface area contributed by atoms with Gasteiger partial charge >= 0.3 is 6.18 Å². The minimum atomic E-state index is -4.68. The third kappa shape index (κ3) is 3.98. The monoisotopic (exact) mass is 423 g/mol. The topological polar surface area (TPSA) is 64.0 Å². The molecule has 5 nitrogen and oxygen atoms in total. The van der Waals surface area contributed by atoms with E-state index in [1.54, 1.807) is 13.0 Å². The van der Waals surface area contributed by atoms with Gasteiger partial charge < -0.3 is 9.88 Å². The molecule has 1 heterocycles. The van der Waals surface area contributed by atoms with Crippen LogP contribution in [0.3, 0.4) is 0 Å². The molecule has 3 aromatic rings. The largest absolute Gasteiger partial charge is 0.417 e. The Kier molecular flexibility index (Phi) is 5.40. The lowest BCUT2D eigenvalue weighted by molar-refractivity contribution is -0.137. The number of benzene rings is 2. The lowest BCUT2D eigenvalue weighted by atomic mass is 10.1. The fourth-order valence-corrected chi connectivity index (χ4v) is 3.19. The van der Waals surface area contributed by atoms with Crippen LogP contribution in [0.2, 0.25) is 5.02 Å². The van der Waals surface area contributed by atoms with Gasteiger partial charge in [0.05, 0.1) is 21.6 Å². The van der Waals surface area contributed by atoms with Crippen molar-refractivity contribution in [1.29, 1.82) is 0 Å². The maximum absolute atomic E-state index is 13.0. The number of rotatable bonds is 3. The van der Waals surface area contributed by atoms with Crippen molar-refractivity contribution in [3.63, 3.8) is 0 Å². The number of halogens is 4. The Bertz CT molecular complexity index is 1190. The zero-order valence-corrected chi connectivity index (χ0v) is 16.6. The molecule has 0 saturated heterocycles. The maximum Gasteiger partial charge on any atom is 0.417 e. The van der Waals surface area contributed by atoms with E-state index in [0.29, 0.717) is 23.6 Å². The van der Waals surface area contributed by atoms with Gasteiger partial charge in [-0.3, -0.25) is 9.59 Å². The number of alkyl halides is 3. The molecule has 3 rings (SSSR count). The highest BCUT2D eigenvalue weighted by atomic mass is 35.5. The molecule has 0 atom stereocenters. The van der Waals surface area contributed by atoms with Crippen molar-refractivity contribution in [2.24, 2.45) is 0 Å². The minimum Gasteiger partial charge on any atom is -0.320 e. The zero-order valence-electron chi connectivity index (χ0n) is 15.8. The molecular formula is C20H17ClF3N3O2. The Morgan fingerprint density at radius 2 is 1.83 bits per heavy atom. The molecule has 1 N–H and O–H groups in total. The SMILES string of the molecule is CCn1c(=O)c(C(=O)Nc2ccc(Cl)c(C(F)(F)F)c2)nc2cc(C)c(C)cc21. The van der Waals surface area contributed by atoms with Crippen LogP contribution in [0.4, 0.5) is 18.9 Å². The lowest BCUT2D eigenvalue weighted by Crippen LogP contribution is -2.31. The standard InChI is InChI=1S/C20H17ClF3N3O2/c1-4-27-16-8-11(3)10(2)7-15(16)26-17(19(27)29)18(28)25-12-5-6-14(21)13(9-12)20(22,23)24/h5-9H,4H2,1-3H3,(H,25,28). The fraction of sp³-hybridized carbons (Fsp3) is 0.250. The summed E-state index contributed by atoms with van der Waals surface area (Å²) in [7, 11) is 0. The highest BCUT2D eigenvalue weighted by molar-refractivity contribution is 6.31. The lowest BCUT2D eigenvalue weighted by Gasteiger charge is -2.13. The Hall–Kier alpha value is -2.87. The van der Waals surface area contributed by atoms with E-state index in [1.165, 1.54) is 10.6 Å². The summed E-state index contributed by atoms with van der Waals surface area (Å²) in [4.78, 5) is 29.6. The van der Waals surface area contributed by atoms with Crippen molar-refractivity contribution in [3.05, 3.63) is 68.1 Å². The Morgan fingerprint density at radius 1 is 1.17 bits per heavy atom. The number of carbonyl (C=O) groups excluding carboxylic acids is 1. The highest BCUT2D eigenvalue weighted by Gasteiger charge is 2.33. The molecule has 9 heteroatoms. The van der Waals surface area contributed by atoms with Crippen LogP contribution in [0.5, 0.6) is 0 Å². The first-order valence-electron chi connectivity index (χ1n) is 8.72. The highest BCUT2D eigenvalue weighted by Crippen LogP contribution is 2.36. The van der Waals surface area contributed by atoms with Crippen LogP contribution >= 0.6 is 11.6 Å². The molecule has 29 heavy (non-hydrogen) atoms. The van der Waals surface area contributed by atoms with Crippen molar-refractivity contribution in [1.82, 2.24) is 9.55 Å². The quantitative estimate of drug-likeness (QED) is 0.647. The van der Waals surface area contributed by atoms with Gasteiger partial charge in [-0.1, -0.05) is 11.6 Å². The number of nitrogens with zero attached hydrogens (tertiary/aromatic N) is 2. The van der Waals surface area contributed by atoms with Crippen molar-refractivity contribution >= 4 is 34.2 Å². The maximum atomic E-state index is 13.0. The summed E-state index contributed by atoms with van der Waals surface area (Å²) < 4.78 is 40.5. The first kappa shape index (κ1) is 20.9. The average Bonchev–Trinajstić information content (AvgIpc) is 2.63. The molecule has 0 bridgehead atoms. The second kappa shape index (κ2) is 7.51. The van der Waals surface area contributed by atoms with Crippen molar-refractivity contribution in [2.45, 2.75) is 33.5 Å². The number of nitrogens with one attached hydrogen (secondary N) is 1. The van der Waals surface area contributed by atoms with Crippen LogP contribution < -0.4 is 10.9 Å². The molecule has 152 valence electrons. The van der Waals surface area contributed by atoms with Crippen LogP contribution in [0.25, 0.3) is 11.0 Å². The fourth-order valence-electron chi connectivity index (χ4n) is 2.97. The van der Waals surface area contributed by atoms with Gasteiger partial charge in [-0.25, -0.2) is 4.98 Å². The van der Waals surface area contributed by atoms with E-state index in [2.05, 4.69) is 10.3 Å². The first-order valence-corrected chi connectivity index (χ1v) is 9.10. The van der Waals surface area contributed by atoms with Gasteiger partial charge in [0.25, 0.3) is 11.5 Å². The Morgan fingerprint density at radius 3 is 2.45 bits per heavy atom. The Labute approximate surface area is 169 Å². The van der Waals surface area contributed by atoms with Crippen molar-refractivity contribution in [3.8, 4) is 0 Å². The first-order chi connectivity index (χ1) is 13.5.